The van der Waals surface area contributed by atoms with E-state index in [2.05, 4.69) is 17.2 Å². The highest BCUT2D eigenvalue weighted by Crippen LogP contribution is 2.27. The summed E-state index contributed by atoms with van der Waals surface area (Å²) in [6.07, 6.45) is 8.57. The molecule has 8 nitrogen and oxygen atoms in total. The summed E-state index contributed by atoms with van der Waals surface area (Å²) in [7, 11) is 0. The van der Waals surface area contributed by atoms with Crippen LogP contribution in [0.3, 0.4) is 0 Å². The average Bonchev–Trinajstić information content (AvgIpc) is 3.07. The number of nitrogens with zero attached hydrogens (tertiary/aromatic N) is 1. The van der Waals surface area contributed by atoms with E-state index in [4.69, 9.17) is 6.11 Å². The first-order valence-corrected chi connectivity index (χ1v) is 9.90. The zero-order valence-electron chi connectivity index (χ0n) is 17.4. The van der Waals surface area contributed by atoms with Crippen molar-refractivity contribution in [1.82, 2.24) is 14.9 Å². The number of carbonyl (C=O) groups excluding carboxylic acids is 1. The second kappa shape index (κ2) is 11.0. The summed E-state index contributed by atoms with van der Waals surface area (Å²) in [6, 6.07) is 0. The molecule has 1 unspecified atom stereocenters. The van der Waals surface area contributed by atoms with Crippen LogP contribution < -0.4 is 16.6 Å². The Morgan fingerprint density at radius 1 is 1.39 bits per heavy atom. The molecule has 156 valence electrons. The van der Waals surface area contributed by atoms with E-state index in [0.717, 1.165) is 19.3 Å². The fourth-order valence-electron chi connectivity index (χ4n) is 3.06. The molecule has 2 rings (SSSR count). The van der Waals surface area contributed by atoms with E-state index in [1.165, 1.54) is 42.2 Å². The quantitative estimate of drug-likeness (QED) is 0.413. The van der Waals surface area contributed by atoms with Gasteiger partial charge in [-0.2, -0.15) is 0 Å². The number of nitrogens with one attached hydrogen (secondary N) is 2. The van der Waals surface area contributed by atoms with Crippen molar-refractivity contribution in [3.8, 4) is 0 Å². The Hall–Kier alpha value is -2.19. The third-order valence-corrected chi connectivity index (χ3v) is 4.75. The van der Waals surface area contributed by atoms with Crippen molar-refractivity contribution in [2.45, 2.75) is 77.2 Å². The van der Waals surface area contributed by atoms with Gasteiger partial charge < -0.3 is 15.2 Å². The van der Waals surface area contributed by atoms with Gasteiger partial charge in [-0.25, -0.2) is 4.79 Å². The molecule has 1 aliphatic heterocycles. The lowest BCUT2D eigenvalue weighted by atomic mass is 10.1. The topological polar surface area (TPSA) is 113 Å². The molecule has 28 heavy (non-hydrogen) atoms. The van der Waals surface area contributed by atoms with Crippen molar-refractivity contribution < 1.29 is 16.0 Å². The van der Waals surface area contributed by atoms with Crippen molar-refractivity contribution in [2.24, 2.45) is 0 Å². The number of aliphatic hydroxyl groups excluding tert-OH is 1. The molecule has 1 aromatic rings. The number of H-pyrrole nitrogens is 1. The molecule has 3 atom stereocenters. The van der Waals surface area contributed by atoms with Crippen LogP contribution in [-0.2, 0) is 9.53 Å². The molecule has 0 saturated carbocycles. The standard InChI is InChI=1S/C20H31N3O5/c1-3-4-5-6-7-8-11-21-17(25)10-9-15-13-23(20(27)22-19(15)26)18-12-16(24)14(2)28-18/h9-10,13-14,16,18,24H,3-8,11-12H2,1-2H3,(H,21,25)(H,22,26,27)/b10-9+/t14-,16?,18-/m1/s1/i2D. The van der Waals surface area contributed by atoms with Gasteiger partial charge in [0.1, 0.15) is 6.23 Å². The largest absolute Gasteiger partial charge is 0.390 e. The van der Waals surface area contributed by atoms with Crippen molar-refractivity contribution in [3.63, 3.8) is 0 Å². The molecule has 8 heteroatoms. The number of amides is 1. The van der Waals surface area contributed by atoms with Crippen molar-refractivity contribution in [2.75, 3.05) is 6.54 Å². The molecule has 0 spiro atoms. The minimum absolute atomic E-state index is 0.124. The van der Waals surface area contributed by atoms with Gasteiger partial charge in [0.25, 0.3) is 5.56 Å². The predicted octanol–water partition coefficient (Wildman–Crippen LogP) is 1.69. The van der Waals surface area contributed by atoms with Gasteiger partial charge in [0.2, 0.25) is 5.91 Å². The summed E-state index contributed by atoms with van der Waals surface area (Å²) in [5, 5.41) is 12.7. The van der Waals surface area contributed by atoms with Gasteiger partial charge >= 0.3 is 5.69 Å². The van der Waals surface area contributed by atoms with Gasteiger partial charge in [-0.1, -0.05) is 39.0 Å². The molecular formula is C20H31N3O5. The maximum absolute atomic E-state index is 12.1. The van der Waals surface area contributed by atoms with Crippen LogP contribution in [0, 0.1) is 0 Å². The number of carbonyl (C=O) groups is 1. The summed E-state index contributed by atoms with van der Waals surface area (Å²) < 4.78 is 14.0. The number of unbranched alkanes of at least 4 members (excludes halogenated alkanes) is 5. The molecule has 1 saturated heterocycles. The second-order valence-corrected chi connectivity index (χ2v) is 7.08. The lowest BCUT2D eigenvalue weighted by Gasteiger charge is -2.13. The van der Waals surface area contributed by atoms with Crippen LogP contribution in [0.5, 0.6) is 0 Å². The third kappa shape index (κ3) is 6.45. The molecule has 0 aromatic carbocycles. The number of hydrogen-bond donors (Lipinski definition) is 3. The van der Waals surface area contributed by atoms with Crippen LogP contribution in [0.4, 0.5) is 0 Å². The lowest BCUT2D eigenvalue weighted by Crippen LogP contribution is -2.33. The van der Waals surface area contributed by atoms with Gasteiger partial charge in [0.15, 0.2) is 0 Å². The summed E-state index contributed by atoms with van der Waals surface area (Å²) in [5.74, 6) is -0.308. The van der Waals surface area contributed by atoms with Crippen molar-refractivity contribution in [1.29, 1.82) is 0 Å². The Kier molecular flexibility index (Phi) is 8.05. The van der Waals surface area contributed by atoms with E-state index in [9.17, 15) is 19.5 Å². The van der Waals surface area contributed by atoms with Crippen LogP contribution in [0.2, 0.25) is 0 Å². The van der Waals surface area contributed by atoms with Crippen molar-refractivity contribution >= 4 is 12.0 Å². The summed E-state index contributed by atoms with van der Waals surface area (Å²) in [5.41, 5.74) is -1.14. The summed E-state index contributed by atoms with van der Waals surface area (Å²) >= 11 is 0. The van der Waals surface area contributed by atoms with Gasteiger partial charge in [0, 0.05) is 26.6 Å². The summed E-state index contributed by atoms with van der Waals surface area (Å²) in [4.78, 5) is 38.2. The van der Waals surface area contributed by atoms with Crippen LogP contribution in [0.25, 0.3) is 6.08 Å². The first-order valence-electron chi connectivity index (χ1n) is 10.6. The minimum atomic E-state index is -0.844. The van der Waals surface area contributed by atoms with E-state index < -0.39 is 29.7 Å². The highest BCUT2D eigenvalue weighted by molar-refractivity contribution is 5.91. The molecule has 1 aliphatic rings. The van der Waals surface area contributed by atoms with Crippen LogP contribution in [0.1, 0.15) is 71.9 Å². The van der Waals surface area contributed by atoms with E-state index in [0.29, 0.717) is 6.54 Å². The maximum Gasteiger partial charge on any atom is 0.330 e. The SMILES string of the molecule is [2H]C[C@H]1O[C@@H](n2cc(/C=C/C(=O)NCCCCCCCC)c(=O)[nH]c2=O)CC1O. The van der Waals surface area contributed by atoms with Crippen LogP contribution in [0.15, 0.2) is 21.9 Å². The Bertz CT molecular complexity index is 804. The van der Waals surface area contributed by atoms with Crippen LogP contribution >= 0.6 is 0 Å². The van der Waals surface area contributed by atoms with Crippen LogP contribution in [-0.4, -0.2) is 39.3 Å². The first kappa shape index (κ1) is 20.5. The molecule has 0 bridgehead atoms. The molecule has 0 aliphatic carbocycles. The third-order valence-electron chi connectivity index (χ3n) is 4.75. The smallest absolute Gasteiger partial charge is 0.330 e. The van der Waals surface area contributed by atoms with Gasteiger partial charge in [-0.3, -0.25) is 19.1 Å². The maximum atomic E-state index is 12.1. The van der Waals surface area contributed by atoms with Gasteiger partial charge in [-0.15, -0.1) is 0 Å². The molecule has 2 heterocycles. The Balaban J connectivity index is 1.92. The number of aliphatic hydroxyl groups is 1. The van der Waals surface area contributed by atoms with E-state index in [1.54, 1.807) is 0 Å². The summed E-state index contributed by atoms with van der Waals surface area (Å²) in [6.45, 7) is 2.62. The molecule has 0 radical (unpaired) electrons. The number of hydrogen-bond acceptors (Lipinski definition) is 5. The zero-order valence-corrected chi connectivity index (χ0v) is 16.4. The van der Waals surface area contributed by atoms with E-state index in [1.807, 2.05) is 0 Å². The number of rotatable bonds is 10. The minimum Gasteiger partial charge on any atom is -0.390 e. The monoisotopic (exact) mass is 394 g/mol. The van der Waals surface area contributed by atoms with E-state index in [-0.39, 0.29) is 24.8 Å². The fourth-order valence-corrected chi connectivity index (χ4v) is 3.06. The molecule has 1 aromatic heterocycles. The average molecular weight is 394 g/mol. The normalized spacial score (nSPS) is 22.5. The van der Waals surface area contributed by atoms with Crippen molar-refractivity contribution in [3.05, 3.63) is 38.7 Å². The second-order valence-electron chi connectivity index (χ2n) is 7.08. The molecule has 3 N–H and O–H groups in total. The number of aromatic amines is 1. The Morgan fingerprint density at radius 2 is 2.14 bits per heavy atom. The predicted molar refractivity (Wildman–Crippen MR) is 107 cm³/mol. The molecule has 1 amide bonds. The highest BCUT2D eigenvalue weighted by atomic mass is 16.5. The fraction of sp³-hybridized carbons (Fsp3) is 0.650. The zero-order chi connectivity index (χ0) is 21.2. The Morgan fingerprint density at radius 3 is 2.86 bits per heavy atom. The van der Waals surface area contributed by atoms with E-state index >= 15 is 0 Å². The molecule has 1 fully saturated rings. The lowest BCUT2D eigenvalue weighted by molar-refractivity contribution is -0.116. The number of ether oxygens (including phenoxy) is 1. The van der Waals surface area contributed by atoms with Gasteiger partial charge in [0.05, 0.1) is 17.8 Å². The van der Waals surface area contributed by atoms with Gasteiger partial charge in [-0.05, 0) is 19.4 Å². The first-order chi connectivity index (χ1) is 14.0. The molecular weight excluding hydrogens is 362 g/mol. The Labute approximate surface area is 166 Å². The highest BCUT2D eigenvalue weighted by Gasteiger charge is 2.32. The number of aromatic nitrogens is 2.